The number of fused-ring (bicyclic) bond motifs is 1. The van der Waals surface area contributed by atoms with Gasteiger partial charge in [0.1, 0.15) is 0 Å². The number of rotatable bonds is 4. The highest BCUT2D eigenvalue weighted by atomic mass is 15.1. The van der Waals surface area contributed by atoms with E-state index in [1.54, 1.807) is 0 Å². The van der Waals surface area contributed by atoms with Gasteiger partial charge in [0.25, 0.3) is 0 Å². The average Bonchev–Trinajstić information content (AvgIpc) is 2.35. The van der Waals surface area contributed by atoms with Gasteiger partial charge in [0, 0.05) is 31.2 Å². The van der Waals surface area contributed by atoms with Crippen molar-refractivity contribution in [2.75, 3.05) is 32.1 Å². The number of anilines is 1. The van der Waals surface area contributed by atoms with E-state index in [0.29, 0.717) is 0 Å². The number of hydrogen-bond donors (Lipinski definition) is 1. The van der Waals surface area contributed by atoms with E-state index < -0.39 is 0 Å². The fraction of sp³-hybridized carbons (Fsp3) is 0.286. The molecule has 0 aliphatic carbocycles. The van der Waals surface area contributed by atoms with Gasteiger partial charge in [0.05, 0.1) is 0 Å². The van der Waals surface area contributed by atoms with E-state index in [4.69, 9.17) is 0 Å². The fourth-order valence-electron chi connectivity index (χ4n) is 1.94. The summed E-state index contributed by atoms with van der Waals surface area (Å²) in [5.74, 6) is 0. The lowest BCUT2D eigenvalue weighted by molar-refractivity contribution is 0.769. The molecule has 2 nitrogen and oxygen atoms in total. The first kappa shape index (κ1) is 11.0. The molecule has 0 atom stereocenters. The highest BCUT2D eigenvalue weighted by Gasteiger charge is 2.04. The molecule has 16 heavy (non-hydrogen) atoms. The summed E-state index contributed by atoms with van der Waals surface area (Å²) in [5.41, 5.74) is 1.30. The Balaban J connectivity index is 2.36. The predicted molar refractivity (Wildman–Crippen MR) is 71.1 cm³/mol. The minimum absolute atomic E-state index is 1.000. The summed E-state index contributed by atoms with van der Waals surface area (Å²) >= 11 is 0. The summed E-state index contributed by atoms with van der Waals surface area (Å²) in [7, 11) is 4.12. The van der Waals surface area contributed by atoms with Crippen molar-refractivity contribution >= 4 is 16.5 Å². The molecule has 0 fully saturated rings. The monoisotopic (exact) mass is 214 g/mol. The maximum atomic E-state index is 3.17. The molecular formula is C14H18N2. The van der Waals surface area contributed by atoms with Crippen molar-refractivity contribution in [3.63, 3.8) is 0 Å². The van der Waals surface area contributed by atoms with Gasteiger partial charge in [-0.15, -0.1) is 0 Å². The van der Waals surface area contributed by atoms with E-state index >= 15 is 0 Å². The molecule has 1 N–H and O–H groups in total. The largest absolute Gasteiger partial charge is 0.373 e. The highest BCUT2D eigenvalue weighted by molar-refractivity contribution is 5.94. The molecule has 84 valence electrons. The van der Waals surface area contributed by atoms with E-state index in [9.17, 15) is 0 Å². The third kappa shape index (κ3) is 2.17. The lowest BCUT2D eigenvalue weighted by Gasteiger charge is -2.21. The second kappa shape index (κ2) is 4.99. The Labute approximate surface area is 96.9 Å². The zero-order valence-electron chi connectivity index (χ0n) is 9.90. The number of hydrogen-bond acceptors (Lipinski definition) is 2. The van der Waals surface area contributed by atoms with Gasteiger partial charge in [0.2, 0.25) is 0 Å². The van der Waals surface area contributed by atoms with Crippen molar-refractivity contribution in [3.8, 4) is 0 Å². The Bertz CT molecular complexity index is 460. The number of likely N-dealkylation sites (N-methyl/N-ethyl adjacent to an activating group) is 2. The van der Waals surface area contributed by atoms with Gasteiger partial charge >= 0.3 is 0 Å². The first-order valence-corrected chi connectivity index (χ1v) is 5.66. The van der Waals surface area contributed by atoms with Gasteiger partial charge in [0.15, 0.2) is 0 Å². The van der Waals surface area contributed by atoms with Crippen LogP contribution in [0.25, 0.3) is 10.8 Å². The molecule has 0 spiro atoms. The summed E-state index contributed by atoms with van der Waals surface area (Å²) in [5, 5.41) is 5.80. The van der Waals surface area contributed by atoms with Crippen LogP contribution in [0.15, 0.2) is 42.5 Å². The third-order valence-electron chi connectivity index (χ3n) is 2.88. The van der Waals surface area contributed by atoms with Crippen LogP contribution >= 0.6 is 0 Å². The molecule has 0 aliphatic heterocycles. The van der Waals surface area contributed by atoms with Crippen LogP contribution in [0.3, 0.4) is 0 Å². The first-order chi connectivity index (χ1) is 7.83. The van der Waals surface area contributed by atoms with Crippen molar-refractivity contribution in [2.24, 2.45) is 0 Å². The van der Waals surface area contributed by atoms with Crippen molar-refractivity contribution in [3.05, 3.63) is 42.5 Å². The predicted octanol–water partition coefficient (Wildman–Crippen LogP) is 2.50. The van der Waals surface area contributed by atoms with Crippen LogP contribution in [-0.4, -0.2) is 27.2 Å². The Kier molecular flexibility index (Phi) is 3.42. The number of nitrogens with zero attached hydrogens (tertiary/aromatic N) is 1. The van der Waals surface area contributed by atoms with E-state index in [1.807, 2.05) is 7.05 Å². The van der Waals surface area contributed by atoms with Gasteiger partial charge in [-0.3, -0.25) is 0 Å². The normalized spacial score (nSPS) is 10.6. The maximum absolute atomic E-state index is 3.17. The summed E-state index contributed by atoms with van der Waals surface area (Å²) in [6.45, 7) is 2.02. The molecule has 2 heteroatoms. The molecule has 0 aromatic heterocycles. The van der Waals surface area contributed by atoms with Gasteiger partial charge in [-0.05, 0) is 18.5 Å². The quantitative estimate of drug-likeness (QED) is 0.841. The van der Waals surface area contributed by atoms with Crippen LogP contribution in [0, 0.1) is 0 Å². The minimum atomic E-state index is 1.000. The molecule has 0 saturated heterocycles. The molecule has 2 aromatic carbocycles. The molecule has 2 aromatic rings. The Morgan fingerprint density at radius 3 is 2.62 bits per heavy atom. The SMILES string of the molecule is CNCCN(C)c1cccc2ccccc12. The van der Waals surface area contributed by atoms with Crippen LogP contribution in [0.1, 0.15) is 0 Å². The van der Waals surface area contributed by atoms with Crippen molar-refractivity contribution in [1.82, 2.24) is 5.32 Å². The first-order valence-electron chi connectivity index (χ1n) is 5.66. The smallest absolute Gasteiger partial charge is 0.0443 e. The Hall–Kier alpha value is -1.54. The number of benzene rings is 2. The van der Waals surface area contributed by atoms with E-state index in [0.717, 1.165) is 13.1 Å². The van der Waals surface area contributed by atoms with Crippen LogP contribution in [0.5, 0.6) is 0 Å². The average molecular weight is 214 g/mol. The molecule has 0 saturated carbocycles. The summed E-state index contributed by atoms with van der Waals surface area (Å²) in [6.07, 6.45) is 0. The Morgan fingerprint density at radius 1 is 1.06 bits per heavy atom. The van der Waals surface area contributed by atoms with E-state index in [2.05, 4.69) is 59.7 Å². The van der Waals surface area contributed by atoms with Crippen molar-refractivity contribution in [1.29, 1.82) is 0 Å². The summed E-state index contributed by atoms with van der Waals surface area (Å²) in [6, 6.07) is 15.0. The maximum Gasteiger partial charge on any atom is 0.0443 e. The molecule has 0 radical (unpaired) electrons. The van der Waals surface area contributed by atoms with Crippen LogP contribution in [-0.2, 0) is 0 Å². The standard InChI is InChI=1S/C14H18N2/c1-15-10-11-16(2)14-9-5-7-12-6-3-4-8-13(12)14/h3-9,15H,10-11H2,1-2H3. The minimum Gasteiger partial charge on any atom is -0.373 e. The summed E-state index contributed by atoms with van der Waals surface area (Å²) < 4.78 is 0. The fourth-order valence-corrected chi connectivity index (χ4v) is 1.94. The lowest BCUT2D eigenvalue weighted by Crippen LogP contribution is -2.27. The molecule has 2 rings (SSSR count). The zero-order chi connectivity index (χ0) is 11.4. The van der Waals surface area contributed by atoms with E-state index in [-0.39, 0.29) is 0 Å². The summed E-state index contributed by atoms with van der Waals surface area (Å²) in [4.78, 5) is 2.29. The number of nitrogens with one attached hydrogen (secondary N) is 1. The van der Waals surface area contributed by atoms with Gasteiger partial charge < -0.3 is 10.2 Å². The third-order valence-corrected chi connectivity index (χ3v) is 2.88. The van der Waals surface area contributed by atoms with Gasteiger partial charge in [-0.1, -0.05) is 36.4 Å². The molecular weight excluding hydrogens is 196 g/mol. The van der Waals surface area contributed by atoms with Crippen LogP contribution in [0.2, 0.25) is 0 Å². The molecule has 0 bridgehead atoms. The second-order valence-electron chi connectivity index (χ2n) is 4.02. The van der Waals surface area contributed by atoms with Gasteiger partial charge in [-0.2, -0.15) is 0 Å². The molecule has 0 heterocycles. The lowest BCUT2D eigenvalue weighted by atomic mass is 10.1. The van der Waals surface area contributed by atoms with E-state index in [1.165, 1.54) is 16.5 Å². The van der Waals surface area contributed by atoms with Crippen LogP contribution < -0.4 is 10.2 Å². The zero-order valence-corrected chi connectivity index (χ0v) is 9.90. The van der Waals surface area contributed by atoms with Crippen molar-refractivity contribution < 1.29 is 0 Å². The molecule has 0 unspecified atom stereocenters. The van der Waals surface area contributed by atoms with Gasteiger partial charge in [-0.25, -0.2) is 0 Å². The van der Waals surface area contributed by atoms with Crippen LogP contribution in [0.4, 0.5) is 5.69 Å². The molecule has 0 aliphatic rings. The molecule has 0 amide bonds. The second-order valence-corrected chi connectivity index (χ2v) is 4.02. The van der Waals surface area contributed by atoms with Crippen molar-refractivity contribution in [2.45, 2.75) is 0 Å². The highest BCUT2D eigenvalue weighted by Crippen LogP contribution is 2.25. The topological polar surface area (TPSA) is 15.3 Å². The Morgan fingerprint density at radius 2 is 1.81 bits per heavy atom.